The van der Waals surface area contributed by atoms with Crippen molar-refractivity contribution in [1.29, 1.82) is 0 Å². The number of amides is 1. The maximum absolute atomic E-state index is 12.3. The Hall–Kier alpha value is -1.39. The van der Waals surface area contributed by atoms with Gasteiger partial charge in [0.1, 0.15) is 0 Å². The second kappa shape index (κ2) is 13.8. The smallest absolute Gasteiger partial charge is 0.251 e. The molecule has 0 aliphatic heterocycles. The van der Waals surface area contributed by atoms with Gasteiger partial charge in [0.15, 0.2) is 5.96 Å². The number of hydrogen-bond acceptors (Lipinski definition) is 4. The number of carbonyl (C=O) groups excluding carboxylic acids is 1. The van der Waals surface area contributed by atoms with Gasteiger partial charge in [-0.3, -0.25) is 9.79 Å². The average Bonchev–Trinajstić information content (AvgIpc) is 3.50. The Balaban J connectivity index is 0.00000420. The van der Waals surface area contributed by atoms with E-state index in [1.54, 1.807) is 7.05 Å². The van der Waals surface area contributed by atoms with Crippen molar-refractivity contribution in [3.63, 3.8) is 0 Å². The molecular formula is C21H36IN5O2. The number of halogens is 1. The first-order chi connectivity index (χ1) is 13.5. The fourth-order valence-corrected chi connectivity index (χ4v) is 2.73. The largest absolute Gasteiger partial charge is 0.379 e. The summed E-state index contributed by atoms with van der Waals surface area (Å²) in [6.07, 6.45) is 2.62. The van der Waals surface area contributed by atoms with Crippen LogP contribution in [0.3, 0.4) is 0 Å². The molecule has 1 aliphatic rings. The highest BCUT2D eigenvalue weighted by molar-refractivity contribution is 14.0. The molecular weight excluding hydrogens is 481 g/mol. The SMILES string of the molecule is CN=C(NCc1cccc(C(=O)NCCN(C)C)c1)N(C)CCOCC1CC1.I. The van der Waals surface area contributed by atoms with Gasteiger partial charge >= 0.3 is 0 Å². The molecule has 0 saturated heterocycles. The number of guanidine groups is 1. The minimum Gasteiger partial charge on any atom is -0.379 e. The summed E-state index contributed by atoms with van der Waals surface area (Å²) in [6, 6.07) is 7.68. The first-order valence-corrected chi connectivity index (χ1v) is 10.0. The Bertz CT molecular complexity index is 650. The van der Waals surface area contributed by atoms with Gasteiger partial charge in [-0.2, -0.15) is 0 Å². The summed E-state index contributed by atoms with van der Waals surface area (Å²) in [4.78, 5) is 20.7. The quantitative estimate of drug-likeness (QED) is 0.204. The third kappa shape index (κ3) is 10.3. The van der Waals surface area contributed by atoms with Gasteiger partial charge in [-0.05, 0) is 50.6 Å². The van der Waals surface area contributed by atoms with E-state index in [1.807, 2.05) is 50.3 Å². The van der Waals surface area contributed by atoms with E-state index in [0.29, 0.717) is 25.3 Å². The number of aliphatic imine (C=N–C) groups is 1. The third-order valence-corrected chi connectivity index (χ3v) is 4.68. The molecule has 8 heteroatoms. The number of benzene rings is 1. The molecule has 29 heavy (non-hydrogen) atoms. The van der Waals surface area contributed by atoms with E-state index in [-0.39, 0.29) is 29.9 Å². The summed E-state index contributed by atoms with van der Waals surface area (Å²) in [5.41, 5.74) is 1.72. The molecule has 1 aromatic rings. The molecule has 1 aliphatic carbocycles. The summed E-state index contributed by atoms with van der Waals surface area (Å²) in [5.74, 6) is 1.56. The Morgan fingerprint density at radius 2 is 1.97 bits per heavy atom. The van der Waals surface area contributed by atoms with E-state index in [4.69, 9.17) is 4.74 Å². The van der Waals surface area contributed by atoms with E-state index < -0.39 is 0 Å². The molecule has 0 bridgehead atoms. The molecule has 0 aromatic heterocycles. The van der Waals surface area contributed by atoms with E-state index in [2.05, 4.69) is 20.5 Å². The number of rotatable bonds is 11. The van der Waals surface area contributed by atoms with Crippen LogP contribution in [-0.2, 0) is 11.3 Å². The fraction of sp³-hybridized carbons (Fsp3) is 0.619. The van der Waals surface area contributed by atoms with Crippen molar-refractivity contribution in [1.82, 2.24) is 20.4 Å². The summed E-state index contributed by atoms with van der Waals surface area (Å²) in [6.45, 7) is 4.44. The summed E-state index contributed by atoms with van der Waals surface area (Å²) in [5, 5.41) is 6.30. The number of likely N-dealkylation sites (N-methyl/N-ethyl adjacent to an activating group) is 2. The molecule has 2 N–H and O–H groups in total. The molecule has 0 heterocycles. The van der Waals surface area contributed by atoms with E-state index in [0.717, 1.165) is 37.1 Å². The van der Waals surface area contributed by atoms with Gasteiger partial charge in [0.2, 0.25) is 0 Å². The molecule has 1 amide bonds. The summed E-state index contributed by atoms with van der Waals surface area (Å²) >= 11 is 0. The van der Waals surface area contributed by atoms with Crippen LogP contribution in [0, 0.1) is 5.92 Å². The molecule has 0 atom stereocenters. The van der Waals surface area contributed by atoms with Crippen molar-refractivity contribution in [2.45, 2.75) is 19.4 Å². The standard InChI is InChI=1S/C21H35N5O2.HI/c1-22-21(26(4)12-13-28-16-17-8-9-17)24-15-18-6-5-7-19(14-18)20(27)23-10-11-25(2)3;/h5-7,14,17H,8-13,15-16H2,1-4H3,(H,22,24)(H,23,27);1H. The highest BCUT2D eigenvalue weighted by Crippen LogP contribution is 2.28. The Kier molecular flexibility index (Phi) is 12.2. The van der Waals surface area contributed by atoms with Crippen LogP contribution >= 0.6 is 24.0 Å². The predicted molar refractivity (Wildman–Crippen MR) is 129 cm³/mol. The second-order valence-electron chi connectivity index (χ2n) is 7.60. The zero-order chi connectivity index (χ0) is 20.4. The van der Waals surface area contributed by atoms with Crippen LogP contribution in [0.15, 0.2) is 29.3 Å². The molecule has 0 radical (unpaired) electrons. The van der Waals surface area contributed by atoms with Crippen molar-refractivity contribution in [3.8, 4) is 0 Å². The van der Waals surface area contributed by atoms with E-state index in [1.165, 1.54) is 12.8 Å². The summed E-state index contributed by atoms with van der Waals surface area (Å²) < 4.78 is 5.70. The lowest BCUT2D eigenvalue weighted by Gasteiger charge is -2.22. The molecule has 1 saturated carbocycles. The highest BCUT2D eigenvalue weighted by atomic mass is 127. The normalized spacial score (nSPS) is 13.8. The monoisotopic (exact) mass is 517 g/mol. The maximum Gasteiger partial charge on any atom is 0.251 e. The Morgan fingerprint density at radius 3 is 2.62 bits per heavy atom. The number of nitrogens with one attached hydrogen (secondary N) is 2. The van der Waals surface area contributed by atoms with Crippen molar-refractivity contribution in [2.75, 3.05) is 61.0 Å². The van der Waals surface area contributed by atoms with Crippen LogP contribution in [0.4, 0.5) is 0 Å². The van der Waals surface area contributed by atoms with Gasteiger partial charge in [0.05, 0.1) is 6.61 Å². The average molecular weight is 517 g/mol. The molecule has 1 aromatic carbocycles. The lowest BCUT2D eigenvalue weighted by Crippen LogP contribution is -2.40. The van der Waals surface area contributed by atoms with Crippen molar-refractivity contribution >= 4 is 35.8 Å². The second-order valence-corrected chi connectivity index (χ2v) is 7.60. The Labute approximate surface area is 192 Å². The number of carbonyl (C=O) groups is 1. The molecule has 164 valence electrons. The first kappa shape index (κ1) is 25.6. The molecule has 2 rings (SSSR count). The molecule has 0 unspecified atom stereocenters. The topological polar surface area (TPSA) is 69.2 Å². The van der Waals surface area contributed by atoms with Crippen LogP contribution in [0.1, 0.15) is 28.8 Å². The predicted octanol–water partition coefficient (Wildman–Crippen LogP) is 2.03. The highest BCUT2D eigenvalue weighted by Gasteiger charge is 2.21. The maximum atomic E-state index is 12.3. The molecule has 1 fully saturated rings. The van der Waals surface area contributed by atoms with Crippen LogP contribution < -0.4 is 10.6 Å². The van der Waals surface area contributed by atoms with Gasteiger partial charge in [0.25, 0.3) is 5.91 Å². The lowest BCUT2D eigenvalue weighted by atomic mass is 10.1. The fourth-order valence-electron chi connectivity index (χ4n) is 2.73. The van der Waals surface area contributed by atoms with Crippen LogP contribution in [0.5, 0.6) is 0 Å². The minimum atomic E-state index is -0.0435. The van der Waals surface area contributed by atoms with Gasteiger partial charge < -0.3 is 25.2 Å². The lowest BCUT2D eigenvalue weighted by molar-refractivity contribution is 0.0951. The van der Waals surface area contributed by atoms with Crippen LogP contribution in [-0.4, -0.2) is 82.7 Å². The van der Waals surface area contributed by atoms with Crippen LogP contribution in [0.25, 0.3) is 0 Å². The number of ether oxygens (including phenoxy) is 1. The van der Waals surface area contributed by atoms with Crippen molar-refractivity contribution in [2.24, 2.45) is 10.9 Å². The Morgan fingerprint density at radius 1 is 1.21 bits per heavy atom. The third-order valence-electron chi connectivity index (χ3n) is 4.68. The minimum absolute atomic E-state index is 0. The molecule has 0 spiro atoms. The zero-order valence-corrected chi connectivity index (χ0v) is 20.4. The van der Waals surface area contributed by atoms with Gasteiger partial charge in [-0.25, -0.2) is 0 Å². The first-order valence-electron chi connectivity index (χ1n) is 10.0. The van der Waals surface area contributed by atoms with Gasteiger partial charge in [0, 0.05) is 52.4 Å². The summed E-state index contributed by atoms with van der Waals surface area (Å²) in [7, 11) is 7.76. The van der Waals surface area contributed by atoms with Gasteiger partial charge in [-0.1, -0.05) is 12.1 Å². The zero-order valence-electron chi connectivity index (χ0n) is 18.1. The van der Waals surface area contributed by atoms with Crippen LogP contribution in [0.2, 0.25) is 0 Å². The van der Waals surface area contributed by atoms with Crippen molar-refractivity contribution < 1.29 is 9.53 Å². The van der Waals surface area contributed by atoms with Gasteiger partial charge in [-0.15, -0.1) is 24.0 Å². The number of nitrogens with zero attached hydrogens (tertiary/aromatic N) is 3. The van der Waals surface area contributed by atoms with Crippen molar-refractivity contribution in [3.05, 3.63) is 35.4 Å². The molecule has 7 nitrogen and oxygen atoms in total. The van der Waals surface area contributed by atoms with E-state index >= 15 is 0 Å². The van der Waals surface area contributed by atoms with E-state index in [9.17, 15) is 4.79 Å². The number of hydrogen-bond donors (Lipinski definition) is 2.